The van der Waals surface area contributed by atoms with Gasteiger partial charge in [0.15, 0.2) is 0 Å². The van der Waals surface area contributed by atoms with Crippen LogP contribution in [0.1, 0.15) is 51.5 Å². The number of aliphatic imine (C=N–C) groups is 1. The van der Waals surface area contributed by atoms with Crippen LogP contribution in [0.4, 0.5) is 0 Å². The summed E-state index contributed by atoms with van der Waals surface area (Å²) in [4.78, 5) is 16.7. The zero-order valence-corrected chi connectivity index (χ0v) is 14.1. The van der Waals surface area contributed by atoms with E-state index in [2.05, 4.69) is 18.6 Å². The summed E-state index contributed by atoms with van der Waals surface area (Å²) in [7, 11) is 0. The van der Waals surface area contributed by atoms with Crippen LogP contribution in [-0.4, -0.2) is 18.3 Å². The van der Waals surface area contributed by atoms with Gasteiger partial charge in [0.25, 0.3) is 0 Å². The highest BCUT2D eigenvalue weighted by Gasteiger charge is 2.37. The monoisotopic (exact) mass is 319 g/mol. The Morgan fingerprint density at radius 3 is 2.55 bits per heavy atom. The van der Waals surface area contributed by atoms with Gasteiger partial charge in [-0.05, 0) is 44.7 Å². The van der Waals surface area contributed by atoms with Crippen LogP contribution in [0.5, 0.6) is 0 Å². The normalized spacial score (nSPS) is 18.8. The standard InChI is InChI=1S/C18H22ClNO2/c1-5-6-14(12-7-9-13(19)10-8-12)16-15(20-4)11-18(2,3)22-17(16)21/h7-10,14H,4-6,11H2,1-3H3. The number of cyclic esters (lactones) is 1. The van der Waals surface area contributed by atoms with Crippen LogP contribution < -0.4 is 0 Å². The molecule has 0 radical (unpaired) electrons. The number of esters is 1. The van der Waals surface area contributed by atoms with Crippen LogP contribution in [0.2, 0.25) is 5.02 Å². The lowest BCUT2D eigenvalue weighted by molar-refractivity contribution is -0.154. The molecule has 1 aliphatic rings. The number of ether oxygens (including phenoxy) is 1. The highest BCUT2D eigenvalue weighted by Crippen LogP contribution is 2.39. The molecule has 22 heavy (non-hydrogen) atoms. The van der Waals surface area contributed by atoms with Crippen molar-refractivity contribution in [2.45, 2.75) is 51.6 Å². The Hall–Kier alpha value is -1.61. The Morgan fingerprint density at radius 2 is 2.00 bits per heavy atom. The molecule has 0 bridgehead atoms. The fourth-order valence-corrected chi connectivity index (χ4v) is 3.03. The van der Waals surface area contributed by atoms with Crippen molar-refractivity contribution in [3.8, 4) is 0 Å². The number of benzene rings is 1. The second kappa shape index (κ2) is 6.66. The van der Waals surface area contributed by atoms with Crippen molar-refractivity contribution in [3.05, 3.63) is 46.1 Å². The molecule has 3 nitrogen and oxygen atoms in total. The van der Waals surface area contributed by atoms with Crippen LogP contribution in [-0.2, 0) is 9.53 Å². The first kappa shape index (κ1) is 16.8. The van der Waals surface area contributed by atoms with E-state index in [9.17, 15) is 4.79 Å². The number of hydrogen-bond acceptors (Lipinski definition) is 3. The Labute approximate surface area is 137 Å². The molecule has 0 amide bonds. The quantitative estimate of drug-likeness (QED) is 0.571. The Morgan fingerprint density at radius 1 is 1.36 bits per heavy atom. The maximum absolute atomic E-state index is 12.5. The fourth-order valence-electron chi connectivity index (χ4n) is 2.90. The molecule has 0 fully saturated rings. The molecule has 4 heteroatoms. The minimum atomic E-state index is -0.534. The predicted molar refractivity (Wildman–Crippen MR) is 90.5 cm³/mol. The first-order chi connectivity index (χ1) is 10.4. The van der Waals surface area contributed by atoms with Crippen molar-refractivity contribution in [3.63, 3.8) is 0 Å². The van der Waals surface area contributed by atoms with Crippen LogP contribution in [0.15, 0.2) is 40.5 Å². The molecule has 0 saturated heterocycles. The molecule has 1 atom stereocenters. The topological polar surface area (TPSA) is 38.7 Å². The SMILES string of the molecule is C=NC1=C(C(CCC)c2ccc(Cl)cc2)C(=O)OC(C)(C)C1. The summed E-state index contributed by atoms with van der Waals surface area (Å²) in [5.74, 6) is -0.321. The summed E-state index contributed by atoms with van der Waals surface area (Å²) in [6, 6.07) is 7.62. The van der Waals surface area contributed by atoms with Gasteiger partial charge in [-0.1, -0.05) is 37.1 Å². The van der Waals surface area contributed by atoms with Gasteiger partial charge >= 0.3 is 5.97 Å². The molecule has 1 heterocycles. The van der Waals surface area contributed by atoms with Crippen molar-refractivity contribution < 1.29 is 9.53 Å². The van der Waals surface area contributed by atoms with E-state index in [4.69, 9.17) is 16.3 Å². The van der Waals surface area contributed by atoms with Crippen LogP contribution in [0.3, 0.4) is 0 Å². The minimum Gasteiger partial charge on any atom is -0.456 e. The van der Waals surface area contributed by atoms with Gasteiger partial charge in [-0.15, -0.1) is 0 Å². The fraction of sp³-hybridized carbons (Fsp3) is 0.444. The van der Waals surface area contributed by atoms with Gasteiger partial charge in [-0.25, -0.2) is 4.79 Å². The molecule has 0 aliphatic carbocycles. The smallest absolute Gasteiger partial charge is 0.337 e. The molecule has 0 N–H and O–H groups in total. The third-order valence-electron chi connectivity index (χ3n) is 3.88. The lowest BCUT2D eigenvalue weighted by Gasteiger charge is -2.34. The number of carbonyl (C=O) groups is 1. The molecule has 1 aliphatic heterocycles. The van der Waals surface area contributed by atoms with Crippen LogP contribution >= 0.6 is 11.6 Å². The number of rotatable bonds is 5. The average molecular weight is 320 g/mol. The third kappa shape index (κ3) is 3.58. The summed E-state index contributed by atoms with van der Waals surface area (Å²) in [5, 5.41) is 0.683. The Balaban J connectivity index is 2.50. The third-order valence-corrected chi connectivity index (χ3v) is 4.13. The van der Waals surface area contributed by atoms with Crippen LogP contribution in [0.25, 0.3) is 0 Å². The first-order valence-electron chi connectivity index (χ1n) is 7.56. The first-order valence-corrected chi connectivity index (χ1v) is 7.94. The summed E-state index contributed by atoms with van der Waals surface area (Å²) < 4.78 is 5.58. The summed E-state index contributed by atoms with van der Waals surface area (Å²) in [6.45, 7) is 9.53. The predicted octanol–water partition coefficient (Wildman–Crippen LogP) is 4.90. The molecule has 0 saturated carbocycles. The van der Waals surface area contributed by atoms with Gasteiger partial charge in [-0.3, -0.25) is 4.99 Å². The Bertz CT molecular complexity index is 602. The summed E-state index contributed by atoms with van der Waals surface area (Å²) in [6.07, 6.45) is 2.40. The number of halogens is 1. The summed E-state index contributed by atoms with van der Waals surface area (Å²) in [5.41, 5.74) is 1.90. The summed E-state index contributed by atoms with van der Waals surface area (Å²) >= 11 is 5.97. The molecule has 2 rings (SSSR count). The zero-order chi connectivity index (χ0) is 16.3. The molecular weight excluding hydrogens is 298 g/mol. The van der Waals surface area contributed by atoms with Crippen molar-refractivity contribution in [1.29, 1.82) is 0 Å². The van der Waals surface area contributed by atoms with E-state index >= 15 is 0 Å². The zero-order valence-electron chi connectivity index (χ0n) is 13.4. The minimum absolute atomic E-state index is 0.0358. The average Bonchev–Trinajstić information content (AvgIpc) is 2.45. The lowest BCUT2D eigenvalue weighted by atomic mass is 9.82. The second-order valence-electron chi connectivity index (χ2n) is 6.24. The lowest BCUT2D eigenvalue weighted by Crippen LogP contribution is -2.35. The molecule has 0 spiro atoms. The van der Waals surface area contributed by atoms with Gasteiger partial charge in [0, 0.05) is 17.4 Å². The number of nitrogens with zero attached hydrogens (tertiary/aromatic N) is 1. The molecule has 1 aromatic carbocycles. The molecule has 0 aromatic heterocycles. The highest BCUT2D eigenvalue weighted by atomic mass is 35.5. The van der Waals surface area contributed by atoms with Crippen LogP contribution in [0, 0.1) is 0 Å². The van der Waals surface area contributed by atoms with E-state index in [-0.39, 0.29) is 11.9 Å². The van der Waals surface area contributed by atoms with Crippen molar-refractivity contribution in [2.75, 3.05) is 0 Å². The van der Waals surface area contributed by atoms with Gasteiger partial charge < -0.3 is 4.74 Å². The second-order valence-corrected chi connectivity index (χ2v) is 6.67. The van der Waals surface area contributed by atoms with E-state index in [1.165, 1.54) is 0 Å². The Kier molecular flexibility index (Phi) is 5.07. The van der Waals surface area contributed by atoms with Crippen molar-refractivity contribution in [1.82, 2.24) is 0 Å². The van der Waals surface area contributed by atoms with Gasteiger partial charge in [0.1, 0.15) is 5.60 Å². The number of carbonyl (C=O) groups excluding carboxylic acids is 1. The van der Waals surface area contributed by atoms with Gasteiger partial charge in [0.2, 0.25) is 0 Å². The maximum atomic E-state index is 12.5. The van der Waals surface area contributed by atoms with E-state index in [0.717, 1.165) is 24.1 Å². The largest absolute Gasteiger partial charge is 0.456 e. The molecule has 118 valence electrons. The molecular formula is C18H22ClNO2. The van der Waals surface area contributed by atoms with E-state index in [1.807, 2.05) is 38.1 Å². The van der Waals surface area contributed by atoms with Gasteiger partial charge in [-0.2, -0.15) is 0 Å². The highest BCUT2D eigenvalue weighted by molar-refractivity contribution is 6.30. The van der Waals surface area contributed by atoms with E-state index in [0.29, 0.717) is 17.0 Å². The van der Waals surface area contributed by atoms with Gasteiger partial charge in [0.05, 0.1) is 11.3 Å². The van der Waals surface area contributed by atoms with E-state index < -0.39 is 5.60 Å². The molecule has 1 aromatic rings. The maximum Gasteiger partial charge on any atom is 0.337 e. The number of hydrogen-bond donors (Lipinski definition) is 0. The van der Waals surface area contributed by atoms with Crippen molar-refractivity contribution in [2.24, 2.45) is 4.99 Å². The molecule has 1 unspecified atom stereocenters. The van der Waals surface area contributed by atoms with E-state index in [1.54, 1.807) is 0 Å². The van der Waals surface area contributed by atoms with Crippen molar-refractivity contribution >= 4 is 24.3 Å².